The minimum Gasteiger partial charge on any atom is -0.483 e. The van der Waals surface area contributed by atoms with Crippen LogP contribution in [-0.4, -0.2) is 99.5 Å². The maximum absolute atomic E-state index is 12.0. The van der Waals surface area contributed by atoms with E-state index in [0.717, 1.165) is 0 Å². The van der Waals surface area contributed by atoms with E-state index in [4.69, 9.17) is 41.4 Å². The summed E-state index contributed by atoms with van der Waals surface area (Å²) < 4.78 is 51.7. The predicted octanol–water partition coefficient (Wildman–Crippen LogP) is 2.97. The highest BCUT2D eigenvalue weighted by Gasteiger charge is 2.50. The normalized spacial score (nSPS) is 22.3. The van der Waals surface area contributed by atoms with Crippen LogP contribution in [0.25, 0.3) is 43.9 Å². The lowest BCUT2D eigenvalue weighted by Crippen LogP contribution is -2.64. The Morgan fingerprint density at radius 3 is 1.61 bits per heavy atom. The first-order valence-electron chi connectivity index (χ1n) is 17.1. The molecule has 1 aliphatic rings. The molecule has 0 spiro atoms. The molecule has 6 aromatic rings. The minimum atomic E-state index is -1.70. The smallest absolute Gasteiger partial charge is 0.336 e. The molecule has 54 heavy (non-hydrogen) atoms. The zero-order valence-corrected chi connectivity index (χ0v) is 29.7. The van der Waals surface area contributed by atoms with Crippen LogP contribution in [0.3, 0.4) is 0 Å². The van der Waals surface area contributed by atoms with E-state index in [1.54, 1.807) is 36.4 Å². The second kappa shape index (κ2) is 14.5. The Morgan fingerprint density at radius 1 is 0.667 bits per heavy atom. The first-order chi connectivity index (χ1) is 25.7. The molecule has 0 saturated carbocycles. The van der Waals surface area contributed by atoms with Gasteiger partial charge in [-0.15, -0.1) is 0 Å². The van der Waals surface area contributed by atoms with E-state index in [9.17, 15) is 35.1 Å². The fourth-order valence-corrected chi connectivity index (χ4v) is 6.30. The lowest BCUT2D eigenvalue weighted by molar-refractivity contribution is -0.347. The van der Waals surface area contributed by atoms with Crippen LogP contribution in [0.15, 0.2) is 88.3 Å². The Labute approximate surface area is 305 Å². The lowest BCUT2D eigenvalue weighted by atomic mass is 9.95. The van der Waals surface area contributed by atoms with Gasteiger partial charge in [-0.05, 0) is 64.1 Å². The lowest BCUT2D eigenvalue weighted by Gasteiger charge is -2.47. The Hall–Kier alpha value is -4.78. The van der Waals surface area contributed by atoms with Crippen molar-refractivity contribution in [3.8, 4) is 11.5 Å². The first kappa shape index (κ1) is 37.5. The van der Waals surface area contributed by atoms with Crippen LogP contribution in [0.5, 0.6) is 11.5 Å². The third-order valence-electron chi connectivity index (χ3n) is 9.62. The molecular formula is C38H40O16. The number of aliphatic hydroxyl groups excluding tert-OH is 5. The summed E-state index contributed by atoms with van der Waals surface area (Å²) in [4.78, 5) is 24.0. The third kappa shape index (κ3) is 7.10. The largest absolute Gasteiger partial charge is 0.483 e. The van der Waals surface area contributed by atoms with Crippen molar-refractivity contribution in [1.29, 1.82) is 0 Å². The zero-order valence-electron chi connectivity index (χ0n) is 29.7. The molecule has 1 saturated heterocycles. The molecule has 7 atom stereocenters. The summed E-state index contributed by atoms with van der Waals surface area (Å²) in [6, 6.07) is 12.6. The Bertz CT molecular complexity index is 2380. The quantitative estimate of drug-likeness (QED) is 0.107. The molecule has 7 rings (SSSR count). The maximum atomic E-state index is 12.0. The second-order valence-electron chi connectivity index (χ2n) is 14.2. The summed E-state index contributed by atoms with van der Waals surface area (Å²) in [5.41, 5.74) is -3.42. The van der Waals surface area contributed by atoms with Crippen LogP contribution in [0, 0.1) is 0 Å². The van der Waals surface area contributed by atoms with Gasteiger partial charge in [-0.2, -0.15) is 0 Å². The van der Waals surface area contributed by atoms with Gasteiger partial charge < -0.3 is 66.9 Å². The average Bonchev–Trinajstić information content (AvgIpc) is 3.81. The van der Waals surface area contributed by atoms with Gasteiger partial charge in [0.15, 0.2) is 28.6 Å². The Balaban J connectivity index is 1.05. The molecule has 16 nitrogen and oxygen atoms in total. The molecule has 5 N–H and O–H groups in total. The van der Waals surface area contributed by atoms with Crippen LogP contribution in [-0.2, 0) is 14.2 Å². The molecule has 0 unspecified atom stereocenters. The monoisotopic (exact) mass is 752 g/mol. The standard InChI is InChI=1S/C38H40O16/c1-37(2,23(40)16-48-34-29-20(9-11-46-29)13-18-5-7-25(42)51-31(18)34)53-33-27(44)22(15-39)50-36(28(33)45)54-38(3,4)24(41)17-49-35-30-21(10-12-47-30)14-19-6-8-26(43)52-32(19)35/h5-14,22-24,27-28,33,36,39-41,44-45H,15-17H2,1-4H3/t22-,23-,24-,27-,28-,33+,36+/m1/s1. The zero-order chi connectivity index (χ0) is 38.5. The van der Waals surface area contributed by atoms with Crippen LogP contribution >= 0.6 is 0 Å². The number of fused-ring (bicyclic) bond motifs is 4. The van der Waals surface area contributed by atoms with Crippen LogP contribution < -0.4 is 20.7 Å². The minimum absolute atomic E-state index is 0.0864. The molecule has 0 amide bonds. The summed E-state index contributed by atoms with van der Waals surface area (Å²) in [6.07, 6.45) is -7.52. The van der Waals surface area contributed by atoms with Gasteiger partial charge in [0, 0.05) is 33.7 Å². The SMILES string of the molecule is CC(C)(O[C@@H]1O[C@H](CO)[C@@H](O)[C@H](OC(C)(C)[C@H](O)COc2c3occc3cc3ccc(=O)oc23)[C@H]1O)[C@H](O)COc1c2occc2cc2ccc(=O)oc12. The van der Waals surface area contributed by atoms with Crippen molar-refractivity contribution in [1.82, 2.24) is 0 Å². The summed E-state index contributed by atoms with van der Waals surface area (Å²) in [5.74, 6) is 0.178. The molecule has 5 heterocycles. The van der Waals surface area contributed by atoms with Crippen LogP contribution in [0.4, 0.5) is 0 Å². The average molecular weight is 753 g/mol. The molecule has 0 radical (unpaired) electrons. The number of benzene rings is 2. The number of aliphatic hydroxyl groups is 5. The van der Waals surface area contributed by atoms with E-state index in [2.05, 4.69) is 0 Å². The maximum Gasteiger partial charge on any atom is 0.336 e. The van der Waals surface area contributed by atoms with E-state index < -0.39 is 78.6 Å². The van der Waals surface area contributed by atoms with Crippen LogP contribution in [0.1, 0.15) is 27.7 Å². The van der Waals surface area contributed by atoms with Gasteiger partial charge >= 0.3 is 11.3 Å². The van der Waals surface area contributed by atoms with Gasteiger partial charge in [-0.1, -0.05) is 0 Å². The molecule has 0 bridgehead atoms. The van der Waals surface area contributed by atoms with Gasteiger partial charge in [-0.25, -0.2) is 9.59 Å². The van der Waals surface area contributed by atoms with E-state index in [1.165, 1.54) is 52.4 Å². The number of hydrogen-bond acceptors (Lipinski definition) is 16. The van der Waals surface area contributed by atoms with E-state index in [0.29, 0.717) is 27.1 Å². The topological polar surface area (TPSA) is 234 Å². The summed E-state index contributed by atoms with van der Waals surface area (Å²) in [6.45, 7) is 4.54. The Kier molecular flexibility index (Phi) is 10.1. The van der Waals surface area contributed by atoms with E-state index >= 15 is 0 Å². The second-order valence-corrected chi connectivity index (χ2v) is 14.2. The number of ether oxygens (including phenoxy) is 5. The molecular weight excluding hydrogens is 712 g/mol. The molecule has 4 aromatic heterocycles. The van der Waals surface area contributed by atoms with Crippen molar-refractivity contribution in [2.24, 2.45) is 0 Å². The summed E-state index contributed by atoms with van der Waals surface area (Å²) >= 11 is 0. The van der Waals surface area contributed by atoms with E-state index in [-0.39, 0.29) is 34.9 Å². The van der Waals surface area contributed by atoms with E-state index in [1.807, 2.05) is 0 Å². The molecule has 2 aromatic carbocycles. The van der Waals surface area contributed by atoms with Gasteiger partial charge in [0.25, 0.3) is 0 Å². The summed E-state index contributed by atoms with van der Waals surface area (Å²) in [7, 11) is 0. The van der Waals surface area contributed by atoms with Crippen molar-refractivity contribution in [3.63, 3.8) is 0 Å². The highest BCUT2D eigenvalue weighted by Crippen LogP contribution is 2.38. The van der Waals surface area contributed by atoms with Crippen molar-refractivity contribution in [2.45, 2.75) is 81.8 Å². The number of furan rings is 2. The third-order valence-corrected chi connectivity index (χ3v) is 9.62. The predicted molar refractivity (Wildman–Crippen MR) is 189 cm³/mol. The first-order valence-corrected chi connectivity index (χ1v) is 17.1. The van der Waals surface area contributed by atoms with Gasteiger partial charge in [0.1, 0.15) is 49.8 Å². The van der Waals surface area contributed by atoms with Crippen molar-refractivity contribution in [2.75, 3.05) is 19.8 Å². The van der Waals surface area contributed by atoms with Gasteiger partial charge in [0.2, 0.25) is 11.5 Å². The fraction of sp³-hybridized carbons (Fsp3) is 0.421. The molecule has 1 aliphatic heterocycles. The summed E-state index contributed by atoms with van der Waals surface area (Å²) in [5, 5.41) is 57.7. The van der Waals surface area contributed by atoms with Crippen LogP contribution in [0.2, 0.25) is 0 Å². The van der Waals surface area contributed by atoms with Crippen molar-refractivity contribution >= 4 is 43.9 Å². The van der Waals surface area contributed by atoms with Crippen molar-refractivity contribution < 1.29 is 66.9 Å². The fourth-order valence-electron chi connectivity index (χ4n) is 6.30. The molecule has 0 aliphatic carbocycles. The number of rotatable bonds is 13. The van der Waals surface area contributed by atoms with Gasteiger partial charge in [0.05, 0.1) is 30.3 Å². The van der Waals surface area contributed by atoms with Gasteiger partial charge in [-0.3, -0.25) is 0 Å². The highest BCUT2D eigenvalue weighted by atomic mass is 16.7. The highest BCUT2D eigenvalue weighted by molar-refractivity contribution is 6.00. The molecule has 16 heteroatoms. The van der Waals surface area contributed by atoms with Crippen molar-refractivity contribution in [3.05, 3.63) is 81.9 Å². The number of hydrogen-bond donors (Lipinski definition) is 5. The molecule has 288 valence electrons. The molecule has 1 fully saturated rings. The Morgan fingerprint density at radius 2 is 1.13 bits per heavy atom.